The molecule has 0 bridgehead atoms. The molecule has 0 spiro atoms. The van der Waals surface area contributed by atoms with Crippen LogP contribution in [0.2, 0.25) is 0 Å². The number of likely N-dealkylation sites (tertiary alicyclic amines) is 1. The van der Waals surface area contributed by atoms with Gasteiger partial charge in [-0.3, -0.25) is 14.5 Å². The summed E-state index contributed by atoms with van der Waals surface area (Å²) in [6.45, 7) is 5.27. The van der Waals surface area contributed by atoms with Gasteiger partial charge in [-0.25, -0.2) is 0 Å². The fourth-order valence-electron chi connectivity index (χ4n) is 3.15. The van der Waals surface area contributed by atoms with E-state index in [0.29, 0.717) is 37.3 Å². The van der Waals surface area contributed by atoms with Crippen molar-refractivity contribution in [1.82, 2.24) is 4.90 Å². The maximum atomic E-state index is 12.7. The lowest BCUT2D eigenvalue weighted by Crippen LogP contribution is -2.51. The van der Waals surface area contributed by atoms with Gasteiger partial charge < -0.3 is 16.2 Å². The molecule has 1 atom stereocenters. The van der Waals surface area contributed by atoms with Crippen LogP contribution in [0.4, 0.5) is 11.4 Å². The van der Waals surface area contributed by atoms with Gasteiger partial charge in [-0.05, 0) is 50.0 Å². The zero-order valence-electron chi connectivity index (χ0n) is 13.7. The van der Waals surface area contributed by atoms with Crippen LogP contribution < -0.4 is 11.1 Å². The minimum atomic E-state index is -0.741. The average molecular weight is 319 g/mol. The van der Waals surface area contributed by atoms with E-state index in [9.17, 15) is 9.59 Å². The van der Waals surface area contributed by atoms with Gasteiger partial charge in [0.2, 0.25) is 5.91 Å². The number of carbonyl (C=O) groups excluding carboxylic acids is 1. The van der Waals surface area contributed by atoms with E-state index in [1.54, 1.807) is 18.2 Å². The van der Waals surface area contributed by atoms with Gasteiger partial charge in [0.1, 0.15) is 0 Å². The molecule has 1 unspecified atom stereocenters. The van der Waals surface area contributed by atoms with Crippen molar-refractivity contribution in [2.24, 2.45) is 11.8 Å². The largest absolute Gasteiger partial charge is 0.481 e. The molecule has 1 fully saturated rings. The van der Waals surface area contributed by atoms with Gasteiger partial charge in [-0.1, -0.05) is 19.9 Å². The van der Waals surface area contributed by atoms with Crippen LogP contribution in [0.25, 0.3) is 0 Å². The molecular weight excluding hydrogens is 294 g/mol. The summed E-state index contributed by atoms with van der Waals surface area (Å²) in [5.74, 6) is -0.970. The monoisotopic (exact) mass is 319 g/mol. The molecule has 6 nitrogen and oxygen atoms in total. The number of nitrogens with two attached hydrogens (primary N) is 1. The van der Waals surface area contributed by atoms with Crippen LogP contribution in [0.3, 0.4) is 0 Å². The van der Waals surface area contributed by atoms with Crippen LogP contribution in [0.1, 0.15) is 26.7 Å². The second kappa shape index (κ2) is 7.46. The summed E-state index contributed by atoms with van der Waals surface area (Å²) in [4.78, 5) is 25.8. The number of amides is 1. The lowest BCUT2D eigenvalue weighted by molar-refractivity contribution is -0.143. The highest BCUT2D eigenvalue weighted by Crippen LogP contribution is 2.23. The molecule has 0 aromatic heterocycles. The molecule has 1 heterocycles. The first kappa shape index (κ1) is 17.3. The Labute approximate surface area is 136 Å². The maximum absolute atomic E-state index is 12.7. The summed E-state index contributed by atoms with van der Waals surface area (Å²) in [6, 6.07) is 6.83. The average Bonchev–Trinajstić information content (AvgIpc) is 2.47. The van der Waals surface area contributed by atoms with Crippen molar-refractivity contribution in [3.63, 3.8) is 0 Å². The second-order valence-electron chi connectivity index (χ2n) is 6.45. The molecule has 0 aliphatic carbocycles. The van der Waals surface area contributed by atoms with E-state index in [1.807, 2.05) is 19.9 Å². The summed E-state index contributed by atoms with van der Waals surface area (Å²) in [5.41, 5.74) is 7.02. The SMILES string of the molecule is CC(C)C(C(=O)Nc1cccc(N)c1)N1CCC(C(=O)O)CC1. The number of anilines is 2. The molecule has 1 aliphatic rings. The fourth-order valence-corrected chi connectivity index (χ4v) is 3.15. The van der Waals surface area contributed by atoms with Gasteiger partial charge in [-0.2, -0.15) is 0 Å². The van der Waals surface area contributed by atoms with Crippen LogP contribution >= 0.6 is 0 Å². The van der Waals surface area contributed by atoms with Crippen LogP contribution in [0.15, 0.2) is 24.3 Å². The van der Waals surface area contributed by atoms with Gasteiger partial charge in [-0.15, -0.1) is 0 Å². The lowest BCUT2D eigenvalue weighted by atomic mass is 9.93. The number of benzene rings is 1. The Bertz CT molecular complexity index is 566. The number of nitrogens with one attached hydrogen (secondary N) is 1. The van der Waals surface area contributed by atoms with Crippen molar-refractivity contribution in [2.75, 3.05) is 24.1 Å². The third-order valence-corrected chi connectivity index (χ3v) is 4.33. The van der Waals surface area contributed by atoms with E-state index < -0.39 is 5.97 Å². The van der Waals surface area contributed by atoms with Crippen LogP contribution in [0.5, 0.6) is 0 Å². The topological polar surface area (TPSA) is 95.7 Å². The summed E-state index contributed by atoms with van der Waals surface area (Å²) in [7, 11) is 0. The van der Waals surface area contributed by atoms with Gasteiger partial charge >= 0.3 is 5.97 Å². The van der Waals surface area contributed by atoms with Crippen LogP contribution in [0, 0.1) is 11.8 Å². The number of piperidine rings is 1. The number of nitrogens with zero attached hydrogens (tertiary/aromatic N) is 1. The smallest absolute Gasteiger partial charge is 0.306 e. The zero-order chi connectivity index (χ0) is 17.0. The van der Waals surface area contributed by atoms with Gasteiger partial charge in [0.15, 0.2) is 0 Å². The Hall–Kier alpha value is -2.08. The third kappa shape index (κ3) is 4.45. The minimum absolute atomic E-state index is 0.0700. The third-order valence-electron chi connectivity index (χ3n) is 4.33. The van der Waals surface area contributed by atoms with Crippen molar-refractivity contribution in [3.8, 4) is 0 Å². The van der Waals surface area contributed by atoms with E-state index in [0.717, 1.165) is 0 Å². The fraction of sp³-hybridized carbons (Fsp3) is 0.529. The number of carbonyl (C=O) groups is 2. The first-order chi connectivity index (χ1) is 10.9. The first-order valence-corrected chi connectivity index (χ1v) is 8.01. The van der Waals surface area contributed by atoms with Crippen LogP contribution in [-0.2, 0) is 9.59 Å². The molecule has 4 N–H and O–H groups in total. The van der Waals surface area contributed by atoms with Crippen molar-refractivity contribution in [2.45, 2.75) is 32.7 Å². The lowest BCUT2D eigenvalue weighted by Gasteiger charge is -2.37. The van der Waals surface area contributed by atoms with Gasteiger partial charge in [0.25, 0.3) is 0 Å². The highest BCUT2D eigenvalue weighted by Gasteiger charge is 2.33. The quantitative estimate of drug-likeness (QED) is 0.722. The minimum Gasteiger partial charge on any atom is -0.481 e. The van der Waals surface area contributed by atoms with Crippen molar-refractivity contribution in [3.05, 3.63) is 24.3 Å². The Morgan fingerprint density at radius 2 is 1.96 bits per heavy atom. The van der Waals surface area contributed by atoms with Gasteiger partial charge in [0.05, 0.1) is 12.0 Å². The molecule has 1 aromatic rings. The molecule has 1 amide bonds. The Morgan fingerprint density at radius 1 is 1.30 bits per heavy atom. The highest BCUT2D eigenvalue weighted by atomic mass is 16.4. The second-order valence-corrected chi connectivity index (χ2v) is 6.45. The molecule has 1 aliphatic heterocycles. The van der Waals surface area contributed by atoms with E-state index in [-0.39, 0.29) is 23.8 Å². The molecule has 23 heavy (non-hydrogen) atoms. The molecule has 0 radical (unpaired) electrons. The molecule has 6 heteroatoms. The van der Waals surface area contributed by atoms with Gasteiger partial charge in [0, 0.05) is 11.4 Å². The number of carboxylic acid groups (broad SMARTS) is 1. The Kier molecular flexibility index (Phi) is 5.60. The predicted molar refractivity (Wildman–Crippen MR) is 90.0 cm³/mol. The molecule has 0 saturated carbocycles. The number of hydrogen-bond donors (Lipinski definition) is 3. The van der Waals surface area contributed by atoms with E-state index >= 15 is 0 Å². The molecule has 2 rings (SSSR count). The summed E-state index contributed by atoms with van der Waals surface area (Å²) in [6.07, 6.45) is 1.17. The molecule has 126 valence electrons. The number of hydrogen-bond acceptors (Lipinski definition) is 4. The number of aliphatic carboxylic acids is 1. The first-order valence-electron chi connectivity index (χ1n) is 8.01. The molecule has 1 aromatic carbocycles. The number of nitrogen functional groups attached to an aromatic ring is 1. The van der Waals surface area contributed by atoms with Crippen LogP contribution in [-0.4, -0.2) is 41.0 Å². The standard InChI is InChI=1S/C17H25N3O3/c1-11(2)15(20-8-6-12(7-9-20)17(22)23)16(21)19-14-5-3-4-13(18)10-14/h3-5,10-12,15H,6-9,18H2,1-2H3,(H,19,21)(H,22,23). The van der Waals surface area contributed by atoms with E-state index in [4.69, 9.17) is 10.8 Å². The number of carboxylic acids is 1. The predicted octanol–water partition coefficient (Wildman–Crippen LogP) is 2.03. The highest BCUT2D eigenvalue weighted by molar-refractivity contribution is 5.95. The summed E-state index contributed by atoms with van der Waals surface area (Å²) in [5, 5.41) is 12.0. The van der Waals surface area contributed by atoms with E-state index in [2.05, 4.69) is 10.2 Å². The molecular formula is C17H25N3O3. The van der Waals surface area contributed by atoms with Crippen molar-refractivity contribution in [1.29, 1.82) is 0 Å². The van der Waals surface area contributed by atoms with Crippen molar-refractivity contribution < 1.29 is 14.7 Å². The Balaban J connectivity index is 2.03. The summed E-state index contributed by atoms with van der Waals surface area (Å²) < 4.78 is 0. The summed E-state index contributed by atoms with van der Waals surface area (Å²) >= 11 is 0. The zero-order valence-corrected chi connectivity index (χ0v) is 13.7. The number of rotatable bonds is 5. The van der Waals surface area contributed by atoms with E-state index in [1.165, 1.54) is 0 Å². The normalized spacial score (nSPS) is 17.9. The maximum Gasteiger partial charge on any atom is 0.306 e. The van der Waals surface area contributed by atoms with Crippen molar-refractivity contribution >= 4 is 23.3 Å². The Morgan fingerprint density at radius 3 is 2.48 bits per heavy atom. The molecule has 1 saturated heterocycles.